The number of ether oxygens (including phenoxy) is 1. The monoisotopic (exact) mass is 306 g/mol. The Labute approximate surface area is 127 Å². The van der Waals surface area contributed by atoms with Gasteiger partial charge in [-0.2, -0.15) is 0 Å². The summed E-state index contributed by atoms with van der Waals surface area (Å²) < 4.78 is 6.36. The maximum atomic E-state index is 11.8. The van der Waals surface area contributed by atoms with Crippen LogP contribution in [0, 0.1) is 0 Å². The number of nitrogens with one attached hydrogen (secondary N) is 2. The van der Waals surface area contributed by atoms with Crippen molar-refractivity contribution in [2.45, 2.75) is 0 Å². The topological polar surface area (TPSA) is 66.5 Å². The number of para-hydroxylation sites is 1. The molecule has 0 spiro atoms. The van der Waals surface area contributed by atoms with E-state index in [9.17, 15) is 4.79 Å². The van der Waals surface area contributed by atoms with Crippen molar-refractivity contribution in [3.8, 4) is 0 Å². The number of hydrogen-bond donors (Lipinski definition) is 2. The van der Waals surface area contributed by atoms with Crippen molar-refractivity contribution in [1.29, 1.82) is 0 Å². The van der Waals surface area contributed by atoms with Crippen molar-refractivity contribution >= 4 is 32.7 Å². The molecule has 112 valence electrons. The van der Waals surface area contributed by atoms with Crippen molar-refractivity contribution in [1.82, 2.24) is 15.2 Å². The van der Waals surface area contributed by atoms with E-state index >= 15 is 0 Å². The summed E-state index contributed by atoms with van der Waals surface area (Å²) in [6, 6.07) is 7.63. The van der Waals surface area contributed by atoms with E-state index in [0.29, 0.717) is 11.7 Å². The first-order valence-corrected chi connectivity index (χ1v) is 7.83. The number of carbonyl (C=O) groups excluding carboxylic acids is 1. The molecule has 0 bridgehead atoms. The number of benzene rings is 1. The quantitative estimate of drug-likeness (QED) is 0.903. The molecular formula is C14H18N4O2S. The van der Waals surface area contributed by atoms with Gasteiger partial charge in [0.2, 0.25) is 0 Å². The molecule has 0 aliphatic carbocycles. The molecule has 0 saturated carbocycles. The zero-order valence-electron chi connectivity index (χ0n) is 11.7. The molecule has 1 fully saturated rings. The summed E-state index contributed by atoms with van der Waals surface area (Å²) in [4.78, 5) is 18.5. The number of fused-ring (bicyclic) bond motifs is 1. The summed E-state index contributed by atoms with van der Waals surface area (Å²) >= 11 is 1.48. The lowest BCUT2D eigenvalue weighted by atomic mass is 10.3. The van der Waals surface area contributed by atoms with Crippen LogP contribution in [0.15, 0.2) is 24.3 Å². The average Bonchev–Trinajstić information content (AvgIpc) is 2.90. The van der Waals surface area contributed by atoms with Crippen LogP contribution in [0.2, 0.25) is 0 Å². The van der Waals surface area contributed by atoms with Crippen molar-refractivity contribution in [3.05, 3.63) is 24.3 Å². The first kappa shape index (κ1) is 14.2. The fraction of sp³-hybridized carbons (Fsp3) is 0.429. The Morgan fingerprint density at radius 1 is 1.33 bits per heavy atom. The maximum absolute atomic E-state index is 11.8. The third-order valence-electron chi connectivity index (χ3n) is 3.33. The Balaban J connectivity index is 1.45. The Morgan fingerprint density at radius 2 is 2.14 bits per heavy atom. The summed E-state index contributed by atoms with van der Waals surface area (Å²) in [5.41, 5.74) is 0.908. The van der Waals surface area contributed by atoms with E-state index in [0.717, 1.165) is 43.1 Å². The Kier molecular flexibility index (Phi) is 4.64. The van der Waals surface area contributed by atoms with Gasteiger partial charge < -0.3 is 10.1 Å². The maximum Gasteiger partial charge on any atom is 0.321 e. The van der Waals surface area contributed by atoms with Gasteiger partial charge in [0.1, 0.15) is 0 Å². The highest BCUT2D eigenvalue weighted by Gasteiger charge is 2.11. The van der Waals surface area contributed by atoms with E-state index in [-0.39, 0.29) is 6.03 Å². The van der Waals surface area contributed by atoms with Gasteiger partial charge in [0, 0.05) is 26.2 Å². The van der Waals surface area contributed by atoms with Crippen molar-refractivity contribution < 1.29 is 9.53 Å². The zero-order valence-corrected chi connectivity index (χ0v) is 12.5. The number of thiazole rings is 1. The Bertz CT molecular complexity index is 577. The van der Waals surface area contributed by atoms with Crippen LogP contribution >= 0.6 is 11.3 Å². The normalized spacial score (nSPS) is 16.0. The molecule has 1 aliphatic rings. The lowest BCUT2D eigenvalue weighted by molar-refractivity contribution is 0.0388. The van der Waals surface area contributed by atoms with E-state index in [1.165, 1.54) is 11.3 Å². The van der Waals surface area contributed by atoms with E-state index in [2.05, 4.69) is 20.5 Å². The Morgan fingerprint density at radius 3 is 2.95 bits per heavy atom. The molecular weight excluding hydrogens is 288 g/mol. The van der Waals surface area contributed by atoms with Gasteiger partial charge in [0.05, 0.1) is 23.4 Å². The van der Waals surface area contributed by atoms with Crippen LogP contribution in [0.4, 0.5) is 9.93 Å². The van der Waals surface area contributed by atoms with Gasteiger partial charge in [-0.05, 0) is 12.1 Å². The number of amides is 2. The van der Waals surface area contributed by atoms with Gasteiger partial charge in [-0.15, -0.1) is 0 Å². The first-order chi connectivity index (χ1) is 10.3. The van der Waals surface area contributed by atoms with Gasteiger partial charge in [0.15, 0.2) is 5.13 Å². The van der Waals surface area contributed by atoms with Gasteiger partial charge in [-0.3, -0.25) is 10.2 Å². The van der Waals surface area contributed by atoms with Crippen LogP contribution in [-0.4, -0.2) is 55.3 Å². The highest BCUT2D eigenvalue weighted by molar-refractivity contribution is 7.22. The molecule has 0 unspecified atom stereocenters. The molecule has 6 nitrogen and oxygen atoms in total. The van der Waals surface area contributed by atoms with Crippen LogP contribution in [0.3, 0.4) is 0 Å². The predicted molar refractivity (Wildman–Crippen MR) is 83.9 cm³/mol. The molecule has 2 N–H and O–H groups in total. The molecule has 0 atom stereocenters. The summed E-state index contributed by atoms with van der Waals surface area (Å²) in [7, 11) is 0. The van der Waals surface area contributed by atoms with E-state index in [4.69, 9.17) is 4.74 Å². The molecule has 1 aromatic carbocycles. The highest BCUT2D eigenvalue weighted by atomic mass is 32.1. The third-order valence-corrected chi connectivity index (χ3v) is 4.28. The minimum absolute atomic E-state index is 0.206. The number of anilines is 1. The predicted octanol–water partition coefficient (Wildman–Crippen LogP) is 1.75. The number of hydrogen-bond acceptors (Lipinski definition) is 5. The molecule has 0 radical (unpaired) electrons. The summed E-state index contributed by atoms with van der Waals surface area (Å²) in [6.45, 7) is 4.88. The molecule has 2 aromatic rings. The van der Waals surface area contributed by atoms with Crippen molar-refractivity contribution in [3.63, 3.8) is 0 Å². The molecule has 2 amide bonds. The number of aromatic nitrogens is 1. The minimum Gasteiger partial charge on any atom is -0.379 e. The van der Waals surface area contributed by atoms with Crippen molar-refractivity contribution in [2.24, 2.45) is 0 Å². The fourth-order valence-corrected chi connectivity index (χ4v) is 3.08. The zero-order chi connectivity index (χ0) is 14.5. The lowest BCUT2D eigenvalue weighted by Crippen LogP contribution is -2.42. The highest BCUT2D eigenvalue weighted by Crippen LogP contribution is 2.25. The van der Waals surface area contributed by atoms with Gasteiger partial charge in [-0.25, -0.2) is 9.78 Å². The number of nitrogens with zero attached hydrogens (tertiary/aromatic N) is 2. The SMILES string of the molecule is O=C(NCCN1CCOCC1)Nc1nc2ccccc2s1. The van der Waals surface area contributed by atoms with Crippen molar-refractivity contribution in [2.75, 3.05) is 44.7 Å². The van der Waals surface area contributed by atoms with E-state index < -0.39 is 0 Å². The van der Waals surface area contributed by atoms with E-state index in [1.807, 2.05) is 24.3 Å². The number of carbonyl (C=O) groups is 1. The van der Waals surface area contributed by atoms with Crippen LogP contribution < -0.4 is 10.6 Å². The van der Waals surface area contributed by atoms with Gasteiger partial charge in [-0.1, -0.05) is 23.5 Å². The summed E-state index contributed by atoms with van der Waals surface area (Å²) in [5, 5.41) is 6.27. The minimum atomic E-state index is -0.206. The van der Waals surface area contributed by atoms with Crippen LogP contribution in [0.1, 0.15) is 0 Å². The average molecular weight is 306 g/mol. The Hall–Kier alpha value is -1.70. The number of morpholine rings is 1. The third kappa shape index (κ3) is 3.90. The number of urea groups is 1. The number of rotatable bonds is 4. The molecule has 7 heteroatoms. The van der Waals surface area contributed by atoms with Crippen LogP contribution in [-0.2, 0) is 4.74 Å². The van der Waals surface area contributed by atoms with Gasteiger partial charge >= 0.3 is 6.03 Å². The second-order valence-corrected chi connectivity index (χ2v) is 5.85. The molecule has 1 saturated heterocycles. The van der Waals surface area contributed by atoms with Crippen LogP contribution in [0.5, 0.6) is 0 Å². The molecule has 3 rings (SSSR count). The largest absolute Gasteiger partial charge is 0.379 e. The van der Waals surface area contributed by atoms with Crippen LogP contribution in [0.25, 0.3) is 10.2 Å². The molecule has 21 heavy (non-hydrogen) atoms. The smallest absolute Gasteiger partial charge is 0.321 e. The lowest BCUT2D eigenvalue weighted by Gasteiger charge is -2.26. The van der Waals surface area contributed by atoms with E-state index in [1.54, 1.807) is 0 Å². The molecule has 1 aromatic heterocycles. The molecule has 2 heterocycles. The second-order valence-electron chi connectivity index (χ2n) is 4.82. The molecule has 1 aliphatic heterocycles. The second kappa shape index (κ2) is 6.84. The summed E-state index contributed by atoms with van der Waals surface area (Å²) in [5.74, 6) is 0. The standard InChI is InChI=1S/C14H18N4O2S/c19-13(15-5-6-18-7-9-20-10-8-18)17-14-16-11-3-1-2-4-12(11)21-14/h1-4H,5-10H2,(H2,15,16,17,19). The first-order valence-electron chi connectivity index (χ1n) is 7.02. The van der Waals surface area contributed by atoms with Gasteiger partial charge in [0.25, 0.3) is 0 Å². The summed E-state index contributed by atoms with van der Waals surface area (Å²) in [6.07, 6.45) is 0. The fourth-order valence-electron chi connectivity index (χ4n) is 2.22.